The van der Waals surface area contributed by atoms with Gasteiger partial charge in [-0.2, -0.15) is 0 Å². The van der Waals surface area contributed by atoms with Gasteiger partial charge in [0.05, 0.1) is 0 Å². The van der Waals surface area contributed by atoms with Crippen LogP contribution in [-0.4, -0.2) is 16.2 Å². The summed E-state index contributed by atoms with van der Waals surface area (Å²) in [7, 11) is 0. The van der Waals surface area contributed by atoms with Crippen LogP contribution < -0.4 is 0 Å². The number of aromatic nitrogens is 2. The summed E-state index contributed by atoms with van der Waals surface area (Å²) in [5.41, 5.74) is 3.08. The molecule has 2 aromatic heterocycles. The minimum Gasteiger partial charge on any atom is -0.451 e. The Morgan fingerprint density at radius 3 is 2.79 bits per heavy atom. The predicted molar refractivity (Wildman–Crippen MR) is 92.0 cm³/mol. The van der Waals surface area contributed by atoms with E-state index < -0.39 is 0 Å². The molecule has 0 aliphatic rings. The monoisotopic (exact) mass is 342 g/mol. The van der Waals surface area contributed by atoms with Gasteiger partial charge in [-0.3, -0.25) is 0 Å². The third kappa shape index (κ3) is 3.54. The molecule has 0 amide bonds. The first-order valence-electron chi connectivity index (χ1n) is 7.72. The average Bonchev–Trinajstić information content (AvgIpc) is 3.19. The fourth-order valence-electron chi connectivity index (χ4n) is 2.38. The van der Waals surface area contributed by atoms with Crippen LogP contribution in [0, 0.1) is 13.8 Å². The molecule has 124 valence electrons. The van der Waals surface area contributed by atoms with Crippen molar-refractivity contribution in [3.8, 4) is 11.5 Å². The van der Waals surface area contributed by atoms with Crippen LogP contribution in [0.2, 0.25) is 0 Å². The van der Waals surface area contributed by atoms with E-state index in [-0.39, 0.29) is 18.5 Å². The molecule has 1 aromatic carbocycles. The number of ether oxygens (including phenoxy) is 1. The molecule has 0 aliphatic heterocycles. The maximum Gasteiger partial charge on any atom is 0.348 e. The lowest BCUT2D eigenvalue weighted by molar-refractivity contribution is 0.0444. The van der Waals surface area contributed by atoms with E-state index in [2.05, 4.69) is 17.1 Å². The summed E-state index contributed by atoms with van der Waals surface area (Å²) in [6.07, 6.45) is 0.910. The molecule has 0 aliphatic carbocycles. The molecule has 0 atom stereocenters. The summed E-state index contributed by atoms with van der Waals surface area (Å²) in [5, 5.41) is 7.94. The number of benzene rings is 1. The zero-order valence-electron chi connectivity index (χ0n) is 13.8. The lowest BCUT2D eigenvalue weighted by atomic mass is 10.1. The summed E-state index contributed by atoms with van der Waals surface area (Å²) >= 11 is 1.47. The standard InChI is InChI=1S/C18H18N2O3S/c1-4-14-12(3)9-15(24-14)18(21)22-10-16-19-20-17(23-16)13-7-5-6-11(2)8-13/h5-9H,4,10H2,1-3H3. The van der Waals surface area contributed by atoms with Crippen LogP contribution >= 0.6 is 11.3 Å². The summed E-state index contributed by atoms with van der Waals surface area (Å²) in [5.74, 6) is 0.340. The van der Waals surface area contributed by atoms with E-state index in [1.54, 1.807) is 0 Å². The van der Waals surface area contributed by atoms with E-state index in [9.17, 15) is 4.79 Å². The summed E-state index contributed by atoms with van der Waals surface area (Å²) in [4.78, 5) is 13.9. The zero-order valence-corrected chi connectivity index (χ0v) is 14.6. The fraction of sp³-hybridized carbons (Fsp3) is 0.278. The van der Waals surface area contributed by atoms with Crippen molar-refractivity contribution < 1.29 is 13.9 Å². The molecule has 0 unspecified atom stereocenters. The smallest absolute Gasteiger partial charge is 0.348 e. The lowest BCUT2D eigenvalue weighted by Crippen LogP contribution is -2.03. The minimum absolute atomic E-state index is 0.0317. The van der Waals surface area contributed by atoms with Gasteiger partial charge < -0.3 is 9.15 Å². The Kier molecular flexibility index (Phi) is 4.76. The molecule has 0 saturated carbocycles. The maximum absolute atomic E-state index is 12.1. The van der Waals surface area contributed by atoms with Crippen molar-refractivity contribution >= 4 is 17.3 Å². The summed E-state index contributed by atoms with van der Waals surface area (Å²) in [6, 6.07) is 9.65. The number of rotatable bonds is 5. The van der Waals surface area contributed by atoms with Gasteiger partial charge in [-0.25, -0.2) is 4.79 Å². The van der Waals surface area contributed by atoms with E-state index in [1.165, 1.54) is 16.2 Å². The van der Waals surface area contributed by atoms with Gasteiger partial charge in [0.25, 0.3) is 5.89 Å². The van der Waals surface area contributed by atoms with Gasteiger partial charge in [0.15, 0.2) is 6.61 Å². The topological polar surface area (TPSA) is 65.2 Å². The highest BCUT2D eigenvalue weighted by Crippen LogP contribution is 2.24. The number of nitrogens with zero attached hydrogens (tertiary/aromatic N) is 2. The number of carbonyl (C=O) groups excluding carboxylic acids is 1. The largest absolute Gasteiger partial charge is 0.451 e. The van der Waals surface area contributed by atoms with Crippen LogP contribution in [0.3, 0.4) is 0 Å². The SMILES string of the molecule is CCc1sc(C(=O)OCc2nnc(-c3cccc(C)c3)o2)cc1C. The molecular weight excluding hydrogens is 324 g/mol. The van der Waals surface area contributed by atoms with Crippen LogP contribution in [0.15, 0.2) is 34.7 Å². The highest BCUT2D eigenvalue weighted by molar-refractivity contribution is 7.14. The first-order valence-corrected chi connectivity index (χ1v) is 8.54. The van der Waals surface area contributed by atoms with Crippen LogP contribution in [0.25, 0.3) is 11.5 Å². The number of aryl methyl sites for hydroxylation is 3. The van der Waals surface area contributed by atoms with Crippen molar-refractivity contribution in [2.45, 2.75) is 33.8 Å². The van der Waals surface area contributed by atoms with Gasteiger partial charge in [-0.1, -0.05) is 24.6 Å². The van der Waals surface area contributed by atoms with Crippen LogP contribution in [0.4, 0.5) is 0 Å². The van der Waals surface area contributed by atoms with Gasteiger partial charge in [0, 0.05) is 10.4 Å². The van der Waals surface area contributed by atoms with Gasteiger partial charge in [-0.15, -0.1) is 21.5 Å². The summed E-state index contributed by atoms with van der Waals surface area (Å²) < 4.78 is 10.8. The Morgan fingerprint density at radius 1 is 1.25 bits per heavy atom. The normalized spacial score (nSPS) is 10.8. The molecule has 2 heterocycles. The van der Waals surface area contributed by atoms with Crippen molar-refractivity contribution in [3.05, 3.63) is 57.1 Å². The number of esters is 1. The maximum atomic E-state index is 12.1. The second kappa shape index (κ2) is 6.97. The van der Waals surface area contributed by atoms with Crippen molar-refractivity contribution in [2.75, 3.05) is 0 Å². The number of hydrogen-bond acceptors (Lipinski definition) is 6. The van der Waals surface area contributed by atoms with Gasteiger partial charge in [0.1, 0.15) is 4.88 Å². The van der Waals surface area contributed by atoms with E-state index in [4.69, 9.17) is 9.15 Å². The second-order valence-electron chi connectivity index (χ2n) is 5.52. The Labute approximate surface area is 144 Å². The quantitative estimate of drug-likeness (QED) is 0.646. The number of carbonyl (C=O) groups is 1. The van der Waals surface area contributed by atoms with Gasteiger partial charge in [-0.05, 0) is 44.0 Å². The fourth-order valence-corrected chi connectivity index (χ4v) is 3.38. The molecule has 24 heavy (non-hydrogen) atoms. The molecule has 0 N–H and O–H groups in total. The van der Waals surface area contributed by atoms with E-state index in [0.29, 0.717) is 10.8 Å². The third-order valence-corrected chi connectivity index (χ3v) is 4.96. The predicted octanol–water partition coefficient (Wildman–Crippen LogP) is 4.33. The average molecular weight is 342 g/mol. The van der Waals surface area contributed by atoms with E-state index in [1.807, 2.05) is 44.2 Å². The van der Waals surface area contributed by atoms with Crippen LogP contribution in [0.1, 0.15) is 38.5 Å². The summed E-state index contributed by atoms with van der Waals surface area (Å²) in [6.45, 7) is 6.03. The Balaban J connectivity index is 1.65. The molecule has 0 saturated heterocycles. The van der Waals surface area contributed by atoms with Crippen molar-refractivity contribution in [3.63, 3.8) is 0 Å². The molecule has 6 heteroatoms. The first-order chi connectivity index (χ1) is 11.6. The van der Waals surface area contributed by atoms with Gasteiger partial charge in [0.2, 0.25) is 5.89 Å². The Bertz CT molecular complexity index is 867. The highest BCUT2D eigenvalue weighted by atomic mass is 32.1. The first kappa shape index (κ1) is 16.4. The molecule has 5 nitrogen and oxygen atoms in total. The third-order valence-electron chi connectivity index (χ3n) is 3.60. The molecule has 0 bridgehead atoms. The lowest BCUT2D eigenvalue weighted by Gasteiger charge is -1.99. The number of hydrogen-bond donors (Lipinski definition) is 0. The van der Waals surface area contributed by atoms with E-state index in [0.717, 1.165) is 23.1 Å². The minimum atomic E-state index is -0.363. The Hall–Kier alpha value is -2.47. The van der Waals surface area contributed by atoms with Crippen molar-refractivity contribution in [1.29, 1.82) is 0 Å². The zero-order chi connectivity index (χ0) is 17.1. The van der Waals surface area contributed by atoms with Crippen molar-refractivity contribution in [2.24, 2.45) is 0 Å². The van der Waals surface area contributed by atoms with Crippen LogP contribution in [0.5, 0.6) is 0 Å². The second-order valence-corrected chi connectivity index (χ2v) is 6.65. The molecule has 0 radical (unpaired) electrons. The molecular formula is C18H18N2O3S. The molecule has 3 rings (SSSR count). The van der Waals surface area contributed by atoms with Crippen LogP contribution in [-0.2, 0) is 17.8 Å². The highest BCUT2D eigenvalue weighted by Gasteiger charge is 2.15. The van der Waals surface area contributed by atoms with E-state index >= 15 is 0 Å². The molecule has 0 fully saturated rings. The molecule has 3 aromatic rings. The number of thiophene rings is 1. The van der Waals surface area contributed by atoms with Crippen molar-refractivity contribution in [1.82, 2.24) is 10.2 Å². The molecule has 0 spiro atoms. The Morgan fingerprint density at radius 2 is 2.08 bits per heavy atom. The van der Waals surface area contributed by atoms with Gasteiger partial charge >= 0.3 is 5.97 Å².